The van der Waals surface area contributed by atoms with E-state index in [4.69, 9.17) is 74.3 Å². The Labute approximate surface area is 191 Å². The Balaban J connectivity index is 1.64. The average Bonchev–Trinajstić information content (AvgIpc) is 2.98. The van der Waals surface area contributed by atoms with E-state index in [2.05, 4.69) is 0 Å². The smallest absolute Gasteiger partial charge is 0.302 e. The SMILES string of the molecule is CC(=O)OCCN1C(=O)C2CC3[C@@H](CC2C1=O)C1(Cl)C(Cl)=C(Cl)C3(Cl)C1(Cl)Cl. The van der Waals surface area contributed by atoms with Crippen LogP contribution < -0.4 is 0 Å². The van der Waals surface area contributed by atoms with Crippen LogP contribution in [-0.4, -0.2) is 49.9 Å². The van der Waals surface area contributed by atoms with Crippen molar-refractivity contribution >= 4 is 87.4 Å². The van der Waals surface area contributed by atoms with Crippen molar-refractivity contribution < 1.29 is 19.1 Å². The number of allylic oxidation sites excluding steroid dienone is 2. The number of carbonyl (C=O) groups is 3. The first kappa shape index (κ1) is 21.3. The molecule has 11 heteroatoms. The van der Waals surface area contributed by atoms with E-state index >= 15 is 0 Å². The van der Waals surface area contributed by atoms with E-state index in [0.29, 0.717) is 0 Å². The van der Waals surface area contributed by atoms with Crippen molar-refractivity contribution in [2.45, 2.75) is 33.8 Å². The topological polar surface area (TPSA) is 63.7 Å². The molecule has 1 heterocycles. The van der Waals surface area contributed by atoms with E-state index in [1.807, 2.05) is 0 Å². The number of rotatable bonds is 3. The third-order valence-electron chi connectivity index (χ3n) is 6.54. The zero-order valence-electron chi connectivity index (χ0n) is 14.5. The van der Waals surface area contributed by atoms with E-state index in [9.17, 15) is 14.4 Å². The lowest BCUT2D eigenvalue weighted by atomic mass is 9.65. The number of nitrogens with zero attached hydrogens (tertiary/aromatic N) is 1. The van der Waals surface area contributed by atoms with Crippen LogP contribution >= 0.6 is 69.6 Å². The molecule has 0 aromatic rings. The van der Waals surface area contributed by atoms with Gasteiger partial charge in [-0.15, -0.1) is 23.2 Å². The van der Waals surface area contributed by atoms with E-state index in [1.165, 1.54) is 6.92 Å². The van der Waals surface area contributed by atoms with Crippen LogP contribution in [0.1, 0.15) is 19.8 Å². The molecule has 1 saturated heterocycles. The van der Waals surface area contributed by atoms with Crippen molar-refractivity contribution in [1.29, 1.82) is 0 Å². The summed E-state index contributed by atoms with van der Waals surface area (Å²) in [5.41, 5.74) is 0. The molecular weight excluding hydrogens is 495 g/mol. The van der Waals surface area contributed by atoms with E-state index in [1.54, 1.807) is 0 Å². The molecule has 154 valence electrons. The molecule has 5 unspecified atom stereocenters. The molecule has 1 aliphatic heterocycles. The van der Waals surface area contributed by atoms with Gasteiger partial charge in [-0.2, -0.15) is 0 Å². The predicted octanol–water partition coefficient (Wildman–Crippen LogP) is 4.02. The number of hydrogen-bond donors (Lipinski definition) is 0. The highest BCUT2D eigenvalue weighted by Crippen LogP contribution is 2.79. The number of fused-ring (bicyclic) bond motifs is 6. The maximum atomic E-state index is 12.9. The largest absolute Gasteiger partial charge is 0.464 e. The third-order valence-corrected chi connectivity index (χ3v) is 10.9. The van der Waals surface area contributed by atoms with Gasteiger partial charge in [0.05, 0.1) is 28.4 Å². The predicted molar refractivity (Wildman–Crippen MR) is 107 cm³/mol. The van der Waals surface area contributed by atoms with E-state index in [0.717, 1.165) is 4.90 Å². The minimum atomic E-state index is -1.67. The van der Waals surface area contributed by atoms with Crippen LogP contribution in [0.2, 0.25) is 0 Å². The van der Waals surface area contributed by atoms with Gasteiger partial charge in [-0.1, -0.05) is 46.4 Å². The Kier molecular flexibility index (Phi) is 4.98. The number of ether oxygens (including phenoxy) is 1. The van der Waals surface area contributed by atoms with Crippen LogP contribution in [0.15, 0.2) is 10.1 Å². The molecule has 2 bridgehead atoms. The molecular formula is C17H15Cl6NO4. The zero-order chi connectivity index (χ0) is 20.8. The van der Waals surface area contributed by atoms with Gasteiger partial charge in [-0.05, 0) is 24.7 Å². The minimum absolute atomic E-state index is 0.00628. The third kappa shape index (κ3) is 2.32. The quantitative estimate of drug-likeness (QED) is 0.327. The fourth-order valence-electron chi connectivity index (χ4n) is 5.29. The van der Waals surface area contributed by atoms with Crippen LogP contribution in [0, 0.1) is 23.7 Å². The highest BCUT2D eigenvalue weighted by Gasteiger charge is 2.83. The summed E-state index contributed by atoms with van der Waals surface area (Å²) in [4.78, 5) is 34.9. The lowest BCUT2D eigenvalue weighted by Crippen LogP contribution is -2.44. The number of amides is 2. The number of esters is 1. The Morgan fingerprint density at radius 1 is 1.00 bits per heavy atom. The van der Waals surface area contributed by atoms with Crippen molar-refractivity contribution in [1.82, 2.24) is 4.90 Å². The van der Waals surface area contributed by atoms with Crippen LogP contribution in [0.3, 0.4) is 0 Å². The van der Waals surface area contributed by atoms with Crippen molar-refractivity contribution in [2.75, 3.05) is 13.2 Å². The monoisotopic (exact) mass is 507 g/mol. The summed E-state index contributed by atoms with van der Waals surface area (Å²) in [7, 11) is 0. The molecule has 4 rings (SSSR count). The Hall–Kier alpha value is 0.0900. The molecule has 0 aromatic heterocycles. The zero-order valence-corrected chi connectivity index (χ0v) is 19.0. The molecule has 2 amide bonds. The van der Waals surface area contributed by atoms with Crippen LogP contribution in [0.5, 0.6) is 0 Å². The second-order valence-electron chi connectivity index (χ2n) is 7.69. The fourth-order valence-corrected chi connectivity index (χ4v) is 8.40. The molecule has 4 aliphatic rings. The molecule has 0 spiro atoms. The van der Waals surface area contributed by atoms with Gasteiger partial charge in [-0.3, -0.25) is 19.3 Å². The van der Waals surface area contributed by atoms with Gasteiger partial charge in [-0.25, -0.2) is 0 Å². The van der Waals surface area contributed by atoms with Crippen LogP contribution in [0.4, 0.5) is 0 Å². The minimum Gasteiger partial charge on any atom is -0.464 e. The summed E-state index contributed by atoms with van der Waals surface area (Å²) in [5.74, 6) is -3.11. The molecule has 6 atom stereocenters. The number of imide groups is 1. The van der Waals surface area contributed by atoms with Crippen molar-refractivity contribution in [3.63, 3.8) is 0 Å². The van der Waals surface area contributed by atoms with Crippen LogP contribution in [-0.2, 0) is 19.1 Å². The summed E-state index contributed by atoms with van der Waals surface area (Å²) in [5, 5.41) is 0.193. The number of carbonyl (C=O) groups excluding carboxylic acids is 3. The van der Waals surface area contributed by atoms with Gasteiger partial charge in [0.1, 0.15) is 16.4 Å². The highest BCUT2D eigenvalue weighted by atomic mass is 35.5. The summed E-state index contributed by atoms with van der Waals surface area (Å²) in [6, 6.07) is 0. The number of likely N-dealkylation sites (tertiary alicyclic amines) is 1. The molecule has 5 nitrogen and oxygen atoms in total. The first-order valence-corrected chi connectivity index (χ1v) is 11.0. The molecule has 3 aliphatic carbocycles. The maximum Gasteiger partial charge on any atom is 0.302 e. The normalized spacial score (nSPS) is 43.5. The second-order valence-corrected chi connectivity index (χ2v) is 11.0. The molecule has 28 heavy (non-hydrogen) atoms. The van der Waals surface area contributed by atoms with E-state index in [-0.39, 0.29) is 47.9 Å². The van der Waals surface area contributed by atoms with Crippen molar-refractivity contribution in [3.8, 4) is 0 Å². The van der Waals surface area contributed by atoms with Gasteiger partial charge >= 0.3 is 5.97 Å². The first-order valence-electron chi connectivity index (χ1n) is 8.71. The van der Waals surface area contributed by atoms with Crippen molar-refractivity contribution in [2.24, 2.45) is 23.7 Å². The fraction of sp³-hybridized carbons (Fsp3) is 0.706. The standard InChI is InChI=1S/C17H15Cl6NO4/c1-6(25)28-3-2-24-13(26)7-4-9-10(5-8(7)14(24)27)16(21)12(19)11(18)15(9,20)17(16,22)23/h7-10H,2-5H2,1H3/t7?,8?,9-,10?,15?,16?/m1/s1. The van der Waals surface area contributed by atoms with Gasteiger partial charge in [0.2, 0.25) is 11.8 Å². The Morgan fingerprint density at radius 2 is 1.43 bits per heavy atom. The summed E-state index contributed by atoms with van der Waals surface area (Å²) in [6.45, 7) is 1.21. The van der Waals surface area contributed by atoms with Gasteiger partial charge in [0, 0.05) is 6.92 Å². The lowest BCUT2D eigenvalue weighted by Gasteiger charge is -2.42. The number of hydrogen-bond acceptors (Lipinski definition) is 4. The summed E-state index contributed by atoms with van der Waals surface area (Å²) >= 11 is 39.6. The average molecular weight is 510 g/mol. The summed E-state index contributed by atoms with van der Waals surface area (Å²) in [6.07, 6.45) is 0.535. The van der Waals surface area contributed by atoms with Crippen LogP contribution in [0.25, 0.3) is 0 Å². The molecule has 2 saturated carbocycles. The van der Waals surface area contributed by atoms with Gasteiger partial charge in [0.15, 0.2) is 4.33 Å². The molecule has 3 fully saturated rings. The highest BCUT2D eigenvalue weighted by molar-refractivity contribution is 6.65. The Bertz CT molecular complexity index is 776. The molecule has 0 aromatic carbocycles. The lowest BCUT2D eigenvalue weighted by molar-refractivity contribution is -0.147. The molecule has 0 N–H and O–H groups in total. The van der Waals surface area contributed by atoms with Gasteiger partial charge < -0.3 is 4.74 Å². The summed E-state index contributed by atoms with van der Waals surface area (Å²) < 4.78 is 3.18. The van der Waals surface area contributed by atoms with Gasteiger partial charge in [0.25, 0.3) is 0 Å². The van der Waals surface area contributed by atoms with E-state index < -0.39 is 43.7 Å². The number of halogens is 6. The maximum absolute atomic E-state index is 12.9. The number of alkyl halides is 4. The first-order chi connectivity index (χ1) is 12.9. The second kappa shape index (κ2) is 6.54. The van der Waals surface area contributed by atoms with Crippen molar-refractivity contribution in [3.05, 3.63) is 10.1 Å². The Morgan fingerprint density at radius 3 is 1.82 bits per heavy atom. The molecule has 0 radical (unpaired) electrons.